The maximum atomic E-state index is 12.6. The number of methoxy groups -OCH3 is 1. The first-order valence-corrected chi connectivity index (χ1v) is 9.17. The van der Waals surface area contributed by atoms with E-state index < -0.39 is 5.25 Å². The second-order valence-corrected chi connectivity index (χ2v) is 7.64. The Labute approximate surface area is 157 Å². The molecule has 2 amide bonds. The highest BCUT2D eigenvalue weighted by atomic mass is 79.9. The maximum Gasteiger partial charge on any atom is 0.293 e. The third-order valence-corrected chi connectivity index (χ3v) is 5.52. The molecule has 1 atom stereocenters. The highest BCUT2D eigenvalue weighted by Crippen LogP contribution is 2.35. The van der Waals surface area contributed by atoms with E-state index in [9.17, 15) is 9.59 Å². The largest absolute Gasteiger partial charge is 0.496 e. The fourth-order valence-corrected chi connectivity index (χ4v) is 4.29. The third-order valence-electron chi connectivity index (χ3n) is 3.63. The van der Waals surface area contributed by atoms with E-state index in [2.05, 4.69) is 15.9 Å². The number of hydrogen-bond acceptors (Lipinski definition) is 4. The van der Waals surface area contributed by atoms with Crippen molar-refractivity contribution < 1.29 is 14.3 Å². The maximum absolute atomic E-state index is 12.6. The summed E-state index contributed by atoms with van der Waals surface area (Å²) in [6, 6.07) is 12.4. The van der Waals surface area contributed by atoms with Gasteiger partial charge in [-0.3, -0.25) is 9.59 Å². The fraction of sp³-hybridized carbons (Fsp3) is 0.176. The van der Waals surface area contributed by atoms with Gasteiger partial charge in [0.25, 0.3) is 5.24 Å². The van der Waals surface area contributed by atoms with Gasteiger partial charge in [0, 0.05) is 5.02 Å². The summed E-state index contributed by atoms with van der Waals surface area (Å²) in [6.07, 6.45) is 0.467. The first-order valence-electron chi connectivity index (χ1n) is 7.12. The summed E-state index contributed by atoms with van der Waals surface area (Å²) in [5, 5.41) is -0.239. The predicted octanol–water partition coefficient (Wildman–Crippen LogP) is 4.92. The van der Waals surface area contributed by atoms with Crippen LogP contribution in [0.3, 0.4) is 0 Å². The van der Waals surface area contributed by atoms with E-state index in [0.717, 1.165) is 27.5 Å². The van der Waals surface area contributed by atoms with Crippen molar-refractivity contribution in [1.82, 2.24) is 0 Å². The molecule has 1 heterocycles. The lowest BCUT2D eigenvalue weighted by Crippen LogP contribution is -2.32. The van der Waals surface area contributed by atoms with Crippen molar-refractivity contribution in [1.29, 1.82) is 0 Å². The molecule has 3 rings (SSSR count). The quantitative estimate of drug-likeness (QED) is 0.696. The Kier molecular flexibility index (Phi) is 5.18. The summed E-state index contributed by atoms with van der Waals surface area (Å²) in [5.74, 6) is 0.500. The molecule has 1 fully saturated rings. The van der Waals surface area contributed by atoms with Crippen LogP contribution in [0.1, 0.15) is 5.56 Å². The Morgan fingerprint density at radius 3 is 2.71 bits per heavy atom. The molecule has 4 nitrogen and oxygen atoms in total. The zero-order chi connectivity index (χ0) is 17.3. The molecule has 0 unspecified atom stereocenters. The summed E-state index contributed by atoms with van der Waals surface area (Å²) in [7, 11) is 1.59. The van der Waals surface area contributed by atoms with Gasteiger partial charge in [-0.25, -0.2) is 4.90 Å². The van der Waals surface area contributed by atoms with Gasteiger partial charge in [-0.2, -0.15) is 0 Å². The van der Waals surface area contributed by atoms with Crippen LogP contribution in [0.25, 0.3) is 0 Å². The number of benzene rings is 2. The van der Waals surface area contributed by atoms with E-state index in [4.69, 9.17) is 16.3 Å². The molecule has 0 spiro atoms. The number of anilines is 1. The zero-order valence-electron chi connectivity index (χ0n) is 12.7. The van der Waals surface area contributed by atoms with Gasteiger partial charge in [-0.1, -0.05) is 35.5 Å². The van der Waals surface area contributed by atoms with E-state index in [1.165, 1.54) is 4.90 Å². The van der Waals surface area contributed by atoms with Crippen molar-refractivity contribution in [2.45, 2.75) is 11.7 Å². The van der Waals surface area contributed by atoms with Crippen molar-refractivity contribution in [2.24, 2.45) is 0 Å². The van der Waals surface area contributed by atoms with Crippen LogP contribution in [0, 0.1) is 0 Å². The van der Waals surface area contributed by atoms with Crippen molar-refractivity contribution in [3.63, 3.8) is 0 Å². The Morgan fingerprint density at radius 2 is 2.04 bits per heavy atom. The first kappa shape index (κ1) is 17.3. The van der Waals surface area contributed by atoms with Crippen LogP contribution >= 0.6 is 39.3 Å². The SMILES string of the molecule is COc1ccc(C[C@H]2SC(=O)N(c3cccc(Cl)c3)C2=O)cc1Br. The van der Waals surface area contributed by atoms with Crippen LogP contribution in [-0.4, -0.2) is 23.5 Å². The second-order valence-electron chi connectivity index (χ2n) is 5.20. The van der Waals surface area contributed by atoms with Crippen molar-refractivity contribution in [3.05, 3.63) is 57.5 Å². The lowest BCUT2D eigenvalue weighted by molar-refractivity contribution is -0.117. The van der Waals surface area contributed by atoms with Crippen LogP contribution in [0.15, 0.2) is 46.9 Å². The number of hydrogen-bond donors (Lipinski definition) is 0. The van der Waals surface area contributed by atoms with Gasteiger partial charge in [-0.15, -0.1) is 0 Å². The Morgan fingerprint density at radius 1 is 1.25 bits per heavy atom. The van der Waals surface area contributed by atoms with Crippen LogP contribution in [0.4, 0.5) is 10.5 Å². The van der Waals surface area contributed by atoms with Crippen LogP contribution in [-0.2, 0) is 11.2 Å². The van der Waals surface area contributed by atoms with E-state index in [-0.39, 0.29) is 11.1 Å². The topological polar surface area (TPSA) is 46.6 Å². The van der Waals surface area contributed by atoms with Crippen molar-refractivity contribution >= 4 is 56.1 Å². The molecule has 1 saturated heterocycles. The molecule has 0 N–H and O–H groups in total. The molecule has 124 valence electrons. The zero-order valence-corrected chi connectivity index (χ0v) is 15.8. The number of ether oxygens (including phenoxy) is 1. The molecule has 1 aliphatic heterocycles. The smallest absolute Gasteiger partial charge is 0.293 e. The summed E-state index contributed by atoms with van der Waals surface area (Å²) < 4.78 is 6.02. The standard InChI is InChI=1S/C17H13BrClNO3S/c1-23-14-6-5-10(7-13(14)18)8-15-16(21)20(17(22)24-15)12-4-2-3-11(19)9-12/h2-7,9,15H,8H2,1H3/t15-/m1/s1. The summed E-state index contributed by atoms with van der Waals surface area (Å²) >= 11 is 10.4. The molecule has 0 aromatic heterocycles. The molecule has 0 radical (unpaired) electrons. The molecule has 0 aliphatic carbocycles. The minimum Gasteiger partial charge on any atom is -0.496 e. The molecule has 0 bridgehead atoms. The lowest BCUT2D eigenvalue weighted by atomic mass is 10.1. The molecular formula is C17H13BrClNO3S. The molecule has 2 aromatic carbocycles. The van der Waals surface area contributed by atoms with Gasteiger partial charge in [0.05, 0.1) is 22.5 Å². The average Bonchev–Trinajstić information content (AvgIpc) is 2.81. The number of imide groups is 1. The monoisotopic (exact) mass is 425 g/mol. The summed E-state index contributed by atoms with van der Waals surface area (Å²) in [6.45, 7) is 0. The number of thioether (sulfide) groups is 1. The fourth-order valence-electron chi connectivity index (χ4n) is 2.49. The van der Waals surface area contributed by atoms with Crippen molar-refractivity contribution in [3.8, 4) is 5.75 Å². The molecule has 1 aliphatic rings. The Hall–Kier alpha value is -1.50. The number of nitrogens with zero attached hydrogens (tertiary/aromatic N) is 1. The van der Waals surface area contributed by atoms with E-state index >= 15 is 0 Å². The van der Waals surface area contributed by atoms with Gasteiger partial charge in [0.15, 0.2) is 0 Å². The summed E-state index contributed by atoms with van der Waals surface area (Å²) in [4.78, 5) is 26.1. The van der Waals surface area contributed by atoms with Crippen LogP contribution < -0.4 is 9.64 Å². The molecule has 2 aromatic rings. The van der Waals surface area contributed by atoms with Gasteiger partial charge in [0.1, 0.15) is 5.75 Å². The van der Waals surface area contributed by atoms with Gasteiger partial charge >= 0.3 is 0 Å². The van der Waals surface area contributed by atoms with Crippen LogP contribution in [0.5, 0.6) is 5.75 Å². The highest BCUT2D eigenvalue weighted by Gasteiger charge is 2.40. The highest BCUT2D eigenvalue weighted by molar-refractivity contribution is 9.10. The predicted molar refractivity (Wildman–Crippen MR) is 100 cm³/mol. The number of halogens is 2. The van der Waals surface area contributed by atoms with E-state index in [1.807, 2.05) is 18.2 Å². The van der Waals surface area contributed by atoms with E-state index in [1.54, 1.807) is 31.4 Å². The van der Waals surface area contributed by atoms with Gasteiger partial charge in [-0.05, 0) is 58.2 Å². The molecule has 7 heteroatoms. The third kappa shape index (κ3) is 3.45. The van der Waals surface area contributed by atoms with E-state index in [0.29, 0.717) is 17.1 Å². The first-order chi connectivity index (χ1) is 11.5. The Bertz CT molecular complexity index is 814. The number of carbonyl (C=O) groups excluding carboxylic acids is 2. The number of carbonyl (C=O) groups is 2. The minimum atomic E-state index is -0.447. The summed E-state index contributed by atoms with van der Waals surface area (Å²) in [5.41, 5.74) is 1.46. The Balaban J connectivity index is 1.80. The normalized spacial score (nSPS) is 17.5. The molecule has 24 heavy (non-hydrogen) atoms. The number of rotatable bonds is 4. The molecule has 0 saturated carbocycles. The van der Waals surface area contributed by atoms with Gasteiger partial charge < -0.3 is 4.74 Å². The lowest BCUT2D eigenvalue weighted by Gasteiger charge is -2.14. The number of amides is 2. The van der Waals surface area contributed by atoms with Crippen LogP contribution in [0.2, 0.25) is 5.02 Å². The van der Waals surface area contributed by atoms with Gasteiger partial charge in [0.2, 0.25) is 5.91 Å². The minimum absolute atomic E-state index is 0.223. The second kappa shape index (κ2) is 7.17. The van der Waals surface area contributed by atoms with Crippen molar-refractivity contribution in [2.75, 3.05) is 12.0 Å². The average molecular weight is 427 g/mol. The molecular weight excluding hydrogens is 414 g/mol.